The van der Waals surface area contributed by atoms with E-state index in [0.29, 0.717) is 120 Å². The molecule has 8 rings (SSSR count). The second-order valence-corrected chi connectivity index (χ2v) is 24.3. The molecule has 2 fully saturated rings. The van der Waals surface area contributed by atoms with Crippen molar-refractivity contribution in [1.29, 1.82) is 0 Å². The molecule has 4 aromatic carbocycles. The number of hydrogen-bond donors (Lipinski definition) is 2. The van der Waals surface area contributed by atoms with E-state index in [4.69, 9.17) is 47.4 Å². The van der Waals surface area contributed by atoms with Crippen molar-refractivity contribution in [2.75, 3.05) is 82.1 Å². The largest absolute Gasteiger partial charge is 0.493 e. The fourth-order valence-electron chi connectivity index (χ4n) is 11.1. The lowest BCUT2D eigenvalue weighted by Crippen LogP contribution is -2.49. The second kappa shape index (κ2) is 35.1. The Balaban J connectivity index is 0.837. The Labute approximate surface area is 563 Å². The third-order valence-corrected chi connectivity index (χ3v) is 18.3. The zero-order valence-electron chi connectivity index (χ0n) is 52.4. The van der Waals surface area contributed by atoms with Crippen LogP contribution in [0.5, 0.6) is 46.0 Å². The van der Waals surface area contributed by atoms with Crippen LogP contribution in [0.2, 0.25) is 0 Å². The van der Waals surface area contributed by atoms with Gasteiger partial charge in [0.1, 0.15) is 43.6 Å². The summed E-state index contributed by atoms with van der Waals surface area (Å²) in [5.41, 5.74) is 4.41. The van der Waals surface area contributed by atoms with E-state index in [0.717, 1.165) is 36.8 Å². The van der Waals surface area contributed by atoms with Crippen molar-refractivity contribution in [1.82, 2.24) is 30.4 Å². The summed E-state index contributed by atoms with van der Waals surface area (Å²) in [6.07, 6.45) is 11.0. The first-order chi connectivity index (χ1) is 44.7. The molecule has 490 valence electrons. The molecule has 2 aliphatic rings. The number of amides is 4. The maximum absolute atomic E-state index is 14.3. The molecule has 6 aromatic rings. The minimum Gasteiger partial charge on any atom is -0.493 e. The number of likely N-dealkylation sites (tertiary alicyclic amines) is 2. The van der Waals surface area contributed by atoms with Crippen LogP contribution >= 0.6 is 45.2 Å². The Kier molecular flexibility index (Phi) is 26.6. The summed E-state index contributed by atoms with van der Waals surface area (Å²) in [6.45, 7) is 0.248. The van der Waals surface area contributed by atoms with Gasteiger partial charge in [-0.3, -0.25) is 29.1 Å². The molecule has 24 heteroatoms. The average molecular weight is 1490 g/mol. The van der Waals surface area contributed by atoms with Crippen molar-refractivity contribution in [2.45, 2.75) is 96.3 Å². The van der Waals surface area contributed by atoms with E-state index in [9.17, 15) is 28.8 Å². The molecular weight excluding hydrogens is 1410 g/mol. The summed E-state index contributed by atoms with van der Waals surface area (Å²) in [5, 5.41) is 5.52. The molecule has 0 unspecified atom stereocenters. The third-order valence-electron chi connectivity index (χ3n) is 15.8. The molecule has 0 spiro atoms. The molecule has 92 heavy (non-hydrogen) atoms. The fraction of sp³-hybridized carbons (Fsp3) is 0.412. The van der Waals surface area contributed by atoms with Crippen molar-refractivity contribution in [3.8, 4) is 46.0 Å². The molecule has 6 atom stereocenters. The minimum absolute atomic E-state index is 0.0920. The van der Waals surface area contributed by atoms with Gasteiger partial charge in [0.05, 0.1) is 42.7 Å². The van der Waals surface area contributed by atoms with Gasteiger partial charge in [0.15, 0.2) is 36.2 Å². The zero-order chi connectivity index (χ0) is 65.5. The van der Waals surface area contributed by atoms with Crippen LogP contribution in [-0.2, 0) is 51.1 Å². The monoisotopic (exact) mass is 1490 g/mol. The van der Waals surface area contributed by atoms with Gasteiger partial charge < -0.3 is 67.8 Å². The Morgan fingerprint density at radius 1 is 0.500 bits per heavy atom. The van der Waals surface area contributed by atoms with Crippen molar-refractivity contribution in [3.05, 3.63) is 155 Å². The van der Waals surface area contributed by atoms with Crippen LogP contribution in [0.1, 0.15) is 105 Å². The zero-order valence-corrected chi connectivity index (χ0v) is 56.7. The number of hydrogen-bond acceptors (Lipinski definition) is 18. The first-order valence-electron chi connectivity index (χ1n) is 30.3. The number of carbonyl (C=O) groups excluding carboxylic acids is 6. The van der Waals surface area contributed by atoms with Crippen molar-refractivity contribution in [3.63, 3.8) is 0 Å². The Morgan fingerprint density at radius 2 is 0.891 bits per heavy atom. The highest BCUT2D eigenvalue weighted by Crippen LogP contribution is 2.44. The highest BCUT2D eigenvalue weighted by Gasteiger charge is 2.40. The van der Waals surface area contributed by atoms with Crippen LogP contribution in [0.4, 0.5) is 0 Å². The summed E-state index contributed by atoms with van der Waals surface area (Å²) in [7, 11) is 9.05. The van der Waals surface area contributed by atoms with Crippen LogP contribution in [0.25, 0.3) is 0 Å². The molecule has 22 nitrogen and oxygen atoms in total. The summed E-state index contributed by atoms with van der Waals surface area (Å²) in [4.78, 5) is 95.2. The number of aryl methyl sites for hydroxylation is 2. The lowest BCUT2D eigenvalue weighted by molar-refractivity contribution is -0.162. The Morgan fingerprint density at radius 3 is 1.24 bits per heavy atom. The number of rotatable bonds is 31. The number of alkyl halides is 2. The smallest absolute Gasteiger partial charge is 0.329 e. The topological polar surface area (TPSA) is 251 Å². The van der Waals surface area contributed by atoms with E-state index < -0.39 is 55.9 Å². The van der Waals surface area contributed by atoms with Gasteiger partial charge >= 0.3 is 11.9 Å². The number of piperidine rings is 2. The molecule has 2 saturated heterocycles. The number of aromatic nitrogens is 2. The molecule has 0 bridgehead atoms. The molecule has 0 radical (unpaired) electrons. The summed E-state index contributed by atoms with van der Waals surface area (Å²) in [5.74, 6) is 0.725. The highest BCUT2D eigenvalue weighted by atomic mass is 127. The first-order valence-corrected chi connectivity index (χ1v) is 32.8. The standard InChI is InChI=1S/C68H78I2N6O16/c1-83-55-35-47(36-56(84-2)63(55)87-5)61(69)65(79)75-31-9-7-21-51(75)67(81)91-53(25-23-43-15-13-27-71-39-43)45-17-11-19-49(33-45)89-41-59(77)73-29-30-74-60(78)42-90-50-20-12-18-46(34-50)54(26-24-44-16-14-28-72-40-44)92-68(82)52-22-8-10-32-76(52)66(80)62(70)48-37-57(85-3)64(88-6)58(38-48)86-4/h11-20,27-28,33-40,51-54,61-62H,7-10,21-26,29-32,41-42H2,1-6H3,(H,73,77)(H,74,78)/t51-,52-,53+,54+,61-,62-/m0/s1. The summed E-state index contributed by atoms with van der Waals surface area (Å²) in [6, 6.07) is 26.9. The van der Waals surface area contributed by atoms with Gasteiger partial charge in [0.25, 0.3) is 11.8 Å². The van der Waals surface area contributed by atoms with Crippen molar-refractivity contribution in [2.24, 2.45) is 0 Å². The van der Waals surface area contributed by atoms with Gasteiger partial charge in [-0.05, 0) is 158 Å². The molecule has 2 aliphatic heterocycles. The molecular formula is C68H78I2N6O16. The Bertz CT molecular complexity index is 3180. The number of halogens is 2. The second-order valence-electron chi connectivity index (χ2n) is 21.8. The van der Waals surface area contributed by atoms with Crippen LogP contribution in [-0.4, -0.2) is 149 Å². The van der Waals surface area contributed by atoms with Gasteiger partial charge in [-0.2, -0.15) is 0 Å². The van der Waals surface area contributed by atoms with E-state index in [2.05, 4.69) is 65.8 Å². The predicted molar refractivity (Wildman–Crippen MR) is 357 cm³/mol. The van der Waals surface area contributed by atoms with Crippen molar-refractivity contribution >= 4 is 80.7 Å². The summed E-state index contributed by atoms with van der Waals surface area (Å²) >= 11 is 4.15. The number of carbonyl (C=O) groups is 6. The SMILES string of the molecule is COc1cc([C@H](I)C(=O)N2CCCC[C@H]2C(=O)O[C@H](CCc2cccnc2)c2cccc(OCC(=O)NCCNC(=O)COc3cccc([C@@H](CCc4cccnc4)OC(=O)[C@@H]4CCCCN4C(=O)[C@@H](I)c4cc(OC)c(OC)c(OC)c4)c3)c2)cc(OC)c1OC. The lowest BCUT2D eigenvalue weighted by atomic mass is 9.99. The summed E-state index contributed by atoms with van der Waals surface area (Å²) < 4.78 is 56.4. The lowest BCUT2D eigenvalue weighted by Gasteiger charge is -2.36. The number of nitrogens with zero attached hydrogens (tertiary/aromatic N) is 4. The van der Waals surface area contributed by atoms with E-state index in [1.165, 1.54) is 42.7 Å². The molecule has 2 aromatic heterocycles. The molecule has 2 N–H and O–H groups in total. The van der Waals surface area contributed by atoms with Crippen LogP contribution in [0, 0.1) is 0 Å². The number of ether oxygens (including phenoxy) is 10. The van der Waals surface area contributed by atoms with Crippen LogP contribution < -0.4 is 48.5 Å². The number of esters is 2. The molecule has 4 amide bonds. The number of benzene rings is 4. The van der Waals surface area contributed by atoms with Crippen molar-refractivity contribution < 1.29 is 76.1 Å². The van der Waals surface area contributed by atoms with E-state index in [1.807, 2.05) is 36.4 Å². The predicted octanol–water partition coefficient (Wildman–Crippen LogP) is 9.77. The van der Waals surface area contributed by atoms with Crippen LogP contribution in [0.3, 0.4) is 0 Å². The average Bonchev–Trinajstić information content (AvgIpc) is 0.846. The van der Waals surface area contributed by atoms with Gasteiger partial charge in [-0.15, -0.1) is 0 Å². The molecule has 0 saturated carbocycles. The third kappa shape index (κ3) is 18.8. The number of nitrogens with one attached hydrogen (secondary N) is 2. The van der Waals surface area contributed by atoms with E-state index >= 15 is 0 Å². The maximum Gasteiger partial charge on any atom is 0.329 e. The normalized spacial score (nSPS) is 15.9. The molecule has 4 heterocycles. The quantitative estimate of drug-likeness (QED) is 0.0178. The van der Waals surface area contributed by atoms with E-state index in [1.54, 1.807) is 95.3 Å². The highest BCUT2D eigenvalue weighted by molar-refractivity contribution is 14.1. The fourth-order valence-corrected chi connectivity index (χ4v) is 12.5. The first kappa shape index (κ1) is 69.7. The van der Waals surface area contributed by atoms with Crippen LogP contribution in [0.15, 0.2) is 122 Å². The molecule has 0 aliphatic carbocycles. The number of pyridine rings is 2. The van der Waals surface area contributed by atoms with Gasteiger partial charge in [0.2, 0.25) is 23.3 Å². The van der Waals surface area contributed by atoms with Gasteiger partial charge in [0, 0.05) is 51.0 Å². The van der Waals surface area contributed by atoms with Gasteiger partial charge in [-0.25, -0.2) is 9.59 Å². The van der Waals surface area contributed by atoms with E-state index in [-0.39, 0.29) is 38.1 Å². The maximum atomic E-state index is 14.3. The Hall–Kier alpha value is -8.14. The van der Waals surface area contributed by atoms with Gasteiger partial charge in [-0.1, -0.05) is 81.6 Å². The number of methoxy groups -OCH3 is 6. The minimum atomic E-state index is -0.831.